The Bertz CT molecular complexity index is 730. The fraction of sp³-hybridized carbons (Fsp3) is 0.294. The summed E-state index contributed by atoms with van der Waals surface area (Å²) in [7, 11) is 0. The van der Waals surface area contributed by atoms with Crippen molar-refractivity contribution in [1.29, 1.82) is 0 Å². The van der Waals surface area contributed by atoms with Gasteiger partial charge in [-0.1, -0.05) is 26.0 Å². The van der Waals surface area contributed by atoms with Crippen molar-refractivity contribution in [3.63, 3.8) is 0 Å². The predicted molar refractivity (Wildman–Crippen MR) is 81.1 cm³/mol. The molecule has 0 spiro atoms. The summed E-state index contributed by atoms with van der Waals surface area (Å²) in [6.07, 6.45) is 1.38. The molecule has 1 aliphatic heterocycles. The van der Waals surface area contributed by atoms with E-state index in [1.54, 1.807) is 29.3 Å². The highest BCUT2D eigenvalue weighted by Gasteiger charge is 2.37. The van der Waals surface area contributed by atoms with E-state index in [2.05, 4.69) is 4.98 Å². The van der Waals surface area contributed by atoms with E-state index in [4.69, 9.17) is 0 Å². The van der Waals surface area contributed by atoms with Gasteiger partial charge in [0.25, 0.3) is 0 Å². The minimum Gasteiger partial charge on any atom is -0.384 e. The molecule has 0 saturated carbocycles. The summed E-state index contributed by atoms with van der Waals surface area (Å²) >= 11 is 0. The number of aromatic nitrogens is 1. The first-order valence-corrected chi connectivity index (χ1v) is 7.08. The second-order valence-corrected chi connectivity index (χ2v) is 6.21. The molecule has 1 aromatic heterocycles. The summed E-state index contributed by atoms with van der Waals surface area (Å²) in [4.78, 5) is 17.3. The number of hydrogen-bond donors (Lipinski definition) is 1. The molecule has 0 fully saturated rings. The van der Waals surface area contributed by atoms with Gasteiger partial charge in [0.1, 0.15) is 11.9 Å². The van der Waals surface area contributed by atoms with E-state index in [-0.39, 0.29) is 5.41 Å². The first-order chi connectivity index (χ1) is 10.4. The lowest BCUT2D eigenvalue weighted by atomic mass is 9.91. The van der Waals surface area contributed by atoms with Crippen LogP contribution in [-0.4, -0.2) is 23.0 Å². The fourth-order valence-corrected chi connectivity index (χ4v) is 2.91. The number of carbonyl (C=O) groups excluding carboxylic acids is 1. The molecule has 1 aliphatic rings. The molecular weight excluding hydrogens is 283 g/mol. The zero-order chi connectivity index (χ0) is 15.9. The molecule has 1 amide bonds. The van der Waals surface area contributed by atoms with Gasteiger partial charge in [-0.3, -0.25) is 9.78 Å². The van der Waals surface area contributed by atoms with Crippen LogP contribution in [0.5, 0.6) is 0 Å². The van der Waals surface area contributed by atoms with Gasteiger partial charge in [-0.2, -0.15) is 0 Å². The fourth-order valence-electron chi connectivity index (χ4n) is 2.91. The first-order valence-electron chi connectivity index (χ1n) is 7.08. The number of fused-ring (bicyclic) bond motifs is 1. The van der Waals surface area contributed by atoms with E-state index in [9.17, 15) is 14.3 Å². The van der Waals surface area contributed by atoms with Crippen molar-refractivity contribution >= 4 is 12.1 Å². The summed E-state index contributed by atoms with van der Waals surface area (Å²) < 4.78 is 13.3. The molecule has 1 atom stereocenters. The topological polar surface area (TPSA) is 53.4 Å². The van der Waals surface area contributed by atoms with E-state index < -0.39 is 11.9 Å². The van der Waals surface area contributed by atoms with Crippen molar-refractivity contribution in [3.05, 3.63) is 59.2 Å². The highest BCUT2D eigenvalue weighted by molar-refractivity contribution is 5.80. The number of pyridine rings is 1. The Hall–Kier alpha value is -2.27. The Labute approximate surface area is 128 Å². The summed E-state index contributed by atoms with van der Waals surface area (Å²) in [6, 6.07) is 7.58. The van der Waals surface area contributed by atoms with Crippen molar-refractivity contribution in [2.24, 2.45) is 0 Å². The summed E-state index contributed by atoms with van der Waals surface area (Å²) in [5.74, 6) is -0.402. The molecule has 1 unspecified atom stereocenters. The Morgan fingerprint density at radius 1 is 1.36 bits per heavy atom. The molecule has 114 valence electrons. The van der Waals surface area contributed by atoms with Gasteiger partial charge < -0.3 is 10.0 Å². The Balaban J connectivity index is 2.02. The third-order valence-corrected chi connectivity index (χ3v) is 4.01. The van der Waals surface area contributed by atoms with Crippen LogP contribution in [-0.2, 0) is 10.2 Å². The highest BCUT2D eigenvalue weighted by Crippen LogP contribution is 2.39. The third kappa shape index (κ3) is 2.37. The number of aliphatic hydroxyl groups excluding tert-OH is 1. The maximum Gasteiger partial charge on any atom is 0.214 e. The lowest BCUT2D eigenvalue weighted by molar-refractivity contribution is -0.107. The second-order valence-electron chi connectivity index (χ2n) is 6.21. The molecule has 2 aromatic rings. The average Bonchev–Trinajstić information content (AvgIpc) is 2.77. The summed E-state index contributed by atoms with van der Waals surface area (Å²) in [5.41, 5.74) is 2.30. The zero-order valence-corrected chi connectivity index (χ0v) is 12.5. The minimum absolute atomic E-state index is 0.224. The lowest BCUT2D eigenvalue weighted by Gasteiger charge is -2.17. The number of anilines is 1. The van der Waals surface area contributed by atoms with Gasteiger partial charge in [0.05, 0.1) is 11.4 Å². The van der Waals surface area contributed by atoms with Crippen molar-refractivity contribution in [2.75, 3.05) is 11.4 Å². The van der Waals surface area contributed by atoms with Crippen molar-refractivity contribution in [2.45, 2.75) is 25.4 Å². The molecule has 2 heterocycles. The number of benzene rings is 1. The van der Waals surface area contributed by atoms with Crippen LogP contribution in [0.1, 0.15) is 36.8 Å². The molecule has 0 aliphatic carbocycles. The van der Waals surface area contributed by atoms with Gasteiger partial charge in [0.15, 0.2) is 0 Å². The zero-order valence-electron chi connectivity index (χ0n) is 12.5. The van der Waals surface area contributed by atoms with Crippen LogP contribution < -0.4 is 4.90 Å². The van der Waals surface area contributed by atoms with E-state index in [1.807, 2.05) is 13.8 Å². The quantitative estimate of drug-likeness (QED) is 0.886. The molecule has 0 saturated heterocycles. The lowest BCUT2D eigenvalue weighted by Crippen LogP contribution is -2.27. The second kappa shape index (κ2) is 5.18. The van der Waals surface area contributed by atoms with Crippen LogP contribution in [0, 0.1) is 5.82 Å². The van der Waals surface area contributed by atoms with Crippen LogP contribution in [0.4, 0.5) is 10.1 Å². The molecule has 0 bridgehead atoms. The van der Waals surface area contributed by atoms with Gasteiger partial charge in [-0.05, 0) is 23.8 Å². The predicted octanol–water partition coefficient (Wildman–Crippen LogP) is 2.56. The van der Waals surface area contributed by atoms with Crippen molar-refractivity contribution in [1.82, 2.24) is 4.98 Å². The van der Waals surface area contributed by atoms with Gasteiger partial charge in [-0.15, -0.1) is 0 Å². The van der Waals surface area contributed by atoms with E-state index in [0.29, 0.717) is 23.4 Å². The van der Waals surface area contributed by atoms with Crippen molar-refractivity contribution < 1.29 is 14.3 Å². The minimum atomic E-state index is -0.981. The summed E-state index contributed by atoms with van der Waals surface area (Å²) in [5, 5.41) is 10.4. The van der Waals surface area contributed by atoms with E-state index in [1.165, 1.54) is 12.1 Å². The molecule has 22 heavy (non-hydrogen) atoms. The van der Waals surface area contributed by atoms with Gasteiger partial charge in [0.2, 0.25) is 6.41 Å². The number of hydrogen-bond acceptors (Lipinski definition) is 3. The molecule has 3 rings (SSSR count). The number of carbonyl (C=O) groups is 1. The van der Waals surface area contributed by atoms with Gasteiger partial charge in [0, 0.05) is 23.7 Å². The number of halogens is 1. The number of nitrogens with zero attached hydrogens (tertiary/aromatic N) is 2. The molecule has 1 aromatic carbocycles. The maximum absolute atomic E-state index is 13.3. The van der Waals surface area contributed by atoms with Gasteiger partial charge >= 0.3 is 0 Å². The van der Waals surface area contributed by atoms with Crippen LogP contribution in [0.2, 0.25) is 0 Å². The highest BCUT2D eigenvalue weighted by atomic mass is 19.1. The number of aliphatic hydroxyl groups is 1. The van der Waals surface area contributed by atoms with Crippen LogP contribution in [0.3, 0.4) is 0 Å². The van der Waals surface area contributed by atoms with E-state index in [0.717, 1.165) is 12.1 Å². The van der Waals surface area contributed by atoms with Gasteiger partial charge in [-0.25, -0.2) is 4.39 Å². The monoisotopic (exact) mass is 300 g/mol. The van der Waals surface area contributed by atoms with Crippen LogP contribution >= 0.6 is 0 Å². The average molecular weight is 300 g/mol. The first kappa shape index (κ1) is 14.7. The molecule has 0 radical (unpaired) electrons. The third-order valence-electron chi connectivity index (χ3n) is 4.01. The Morgan fingerprint density at radius 2 is 2.14 bits per heavy atom. The maximum atomic E-state index is 13.3. The van der Waals surface area contributed by atoms with Crippen LogP contribution in [0.15, 0.2) is 36.5 Å². The summed E-state index contributed by atoms with van der Waals surface area (Å²) in [6.45, 7) is 4.59. The molecule has 1 N–H and O–H groups in total. The molecule has 4 nitrogen and oxygen atoms in total. The number of amides is 1. The van der Waals surface area contributed by atoms with Crippen molar-refractivity contribution in [3.8, 4) is 0 Å². The number of rotatable bonds is 3. The smallest absolute Gasteiger partial charge is 0.214 e. The Morgan fingerprint density at radius 3 is 2.82 bits per heavy atom. The van der Waals surface area contributed by atoms with Crippen LogP contribution in [0.25, 0.3) is 0 Å². The van der Waals surface area contributed by atoms with E-state index >= 15 is 0 Å². The normalized spacial score (nSPS) is 17.2. The molecule has 5 heteroatoms. The Kier molecular flexibility index (Phi) is 3.45. The molecular formula is C17H17FN2O2. The SMILES string of the molecule is CC1(C)CN(C=O)c2cc(C(O)c3cccc(F)c3)cnc21. The largest absolute Gasteiger partial charge is 0.384 e. The standard InChI is InChI=1S/C17H17FN2O2/c1-17(2)9-20(10-21)14-7-12(8-19-16(14)17)15(22)11-4-3-5-13(18)6-11/h3-8,10,15,22H,9H2,1-2H3.